The second-order valence-corrected chi connectivity index (χ2v) is 11.4. The van der Waals surface area contributed by atoms with Crippen LogP contribution in [0.2, 0.25) is 0 Å². The van der Waals surface area contributed by atoms with Crippen molar-refractivity contribution in [3.8, 4) is 5.75 Å². The van der Waals surface area contributed by atoms with Crippen molar-refractivity contribution in [2.24, 2.45) is 0 Å². The number of ketones is 1. The third-order valence-corrected chi connectivity index (χ3v) is 8.46. The van der Waals surface area contributed by atoms with Gasteiger partial charge in [0.2, 0.25) is 0 Å². The van der Waals surface area contributed by atoms with E-state index in [1.807, 2.05) is 48.6 Å². The molecular weight excluding hydrogens is 561 g/mol. The van der Waals surface area contributed by atoms with Crippen molar-refractivity contribution in [3.63, 3.8) is 0 Å². The SMILES string of the molecule is COc1ccc(NC(c2ccc(CN3CCOCC3)cc2)C23C=CC(O2)C(C(=O)Nc2ccc(C)c(F)c2)=C3C(C)=O)cc1. The fraction of sp³-hybridized carbons (Fsp3) is 0.314. The van der Waals surface area contributed by atoms with Crippen LogP contribution in [0.3, 0.4) is 0 Å². The maximum atomic E-state index is 14.3. The van der Waals surface area contributed by atoms with Gasteiger partial charge in [-0.1, -0.05) is 36.4 Å². The molecule has 3 aliphatic rings. The number of nitrogens with zero attached hydrogens (tertiary/aromatic N) is 1. The van der Waals surface area contributed by atoms with Gasteiger partial charge >= 0.3 is 0 Å². The van der Waals surface area contributed by atoms with E-state index in [2.05, 4.69) is 27.7 Å². The van der Waals surface area contributed by atoms with Crippen LogP contribution in [0.5, 0.6) is 5.75 Å². The Morgan fingerprint density at radius 3 is 2.41 bits per heavy atom. The lowest BCUT2D eigenvalue weighted by Gasteiger charge is -2.36. The number of carbonyl (C=O) groups excluding carboxylic acids is 2. The van der Waals surface area contributed by atoms with Gasteiger partial charge in [0.25, 0.3) is 5.91 Å². The van der Waals surface area contributed by atoms with E-state index in [0.29, 0.717) is 17.0 Å². The summed E-state index contributed by atoms with van der Waals surface area (Å²) in [5, 5.41) is 6.36. The van der Waals surface area contributed by atoms with Gasteiger partial charge in [0, 0.05) is 36.6 Å². The zero-order valence-corrected chi connectivity index (χ0v) is 25.1. The fourth-order valence-electron chi connectivity index (χ4n) is 6.18. The lowest BCUT2D eigenvalue weighted by molar-refractivity contribution is -0.116. The molecule has 2 bridgehead atoms. The summed E-state index contributed by atoms with van der Waals surface area (Å²) in [7, 11) is 1.61. The predicted octanol–water partition coefficient (Wildman–Crippen LogP) is 5.36. The third-order valence-electron chi connectivity index (χ3n) is 8.46. The van der Waals surface area contributed by atoms with Gasteiger partial charge in [0.1, 0.15) is 23.3 Å². The summed E-state index contributed by atoms with van der Waals surface area (Å²) in [6.07, 6.45) is 2.96. The number of nitrogens with one attached hydrogen (secondary N) is 2. The first-order chi connectivity index (χ1) is 21.3. The van der Waals surface area contributed by atoms with E-state index in [4.69, 9.17) is 14.2 Å². The van der Waals surface area contributed by atoms with Gasteiger partial charge in [-0.15, -0.1) is 0 Å². The van der Waals surface area contributed by atoms with Crippen LogP contribution in [-0.2, 0) is 25.6 Å². The maximum absolute atomic E-state index is 14.3. The molecule has 3 heterocycles. The first-order valence-electron chi connectivity index (χ1n) is 14.8. The molecule has 3 aliphatic heterocycles. The Bertz CT molecular complexity index is 1610. The summed E-state index contributed by atoms with van der Waals surface area (Å²) in [6, 6.07) is 19.7. The molecule has 3 atom stereocenters. The number of hydrogen-bond donors (Lipinski definition) is 2. The summed E-state index contributed by atoms with van der Waals surface area (Å²) in [4.78, 5) is 29.4. The number of anilines is 2. The zero-order chi connectivity index (χ0) is 30.8. The number of hydrogen-bond acceptors (Lipinski definition) is 7. The van der Waals surface area contributed by atoms with Gasteiger partial charge in [-0.3, -0.25) is 14.5 Å². The molecule has 0 saturated carbocycles. The van der Waals surface area contributed by atoms with E-state index in [1.54, 1.807) is 26.2 Å². The average Bonchev–Trinajstić information content (AvgIpc) is 3.61. The molecular formula is C35H36FN3O5. The number of morpholine rings is 1. The normalized spacial score (nSPS) is 21.8. The summed E-state index contributed by atoms with van der Waals surface area (Å²) in [5.74, 6) is -0.488. The molecule has 1 fully saturated rings. The van der Waals surface area contributed by atoms with Crippen molar-refractivity contribution < 1.29 is 28.2 Å². The van der Waals surface area contributed by atoms with E-state index in [9.17, 15) is 14.0 Å². The Hall–Kier alpha value is -4.31. The van der Waals surface area contributed by atoms with Crippen molar-refractivity contribution in [2.75, 3.05) is 44.0 Å². The smallest absolute Gasteiger partial charge is 0.255 e. The lowest BCUT2D eigenvalue weighted by atomic mass is 9.77. The molecule has 1 amide bonds. The van der Waals surface area contributed by atoms with Gasteiger partial charge < -0.3 is 24.8 Å². The molecule has 8 nitrogen and oxygen atoms in total. The molecule has 0 radical (unpaired) electrons. The number of ether oxygens (including phenoxy) is 3. The Labute approximate surface area is 256 Å². The average molecular weight is 598 g/mol. The minimum atomic E-state index is -1.26. The molecule has 6 rings (SSSR count). The number of amides is 1. The van der Waals surface area contributed by atoms with Crippen LogP contribution in [0.1, 0.15) is 29.7 Å². The zero-order valence-electron chi connectivity index (χ0n) is 25.1. The molecule has 3 unspecified atom stereocenters. The van der Waals surface area contributed by atoms with Crippen molar-refractivity contribution in [3.05, 3.63) is 113 Å². The molecule has 9 heteroatoms. The second-order valence-electron chi connectivity index (χ2n) is 11.4. The molecule has 44 heavy (non-hydrogen) atoms. The number of aryl methyl sites for hydroxylation is 1. The first-order valence-corrected chi connectivity index (χ1v) is 14.8. The first kappa shape index (κ1) is 29.7. The third kappa shape index (κ3) is 5.78. The molecule has 3 aromatic carbocycles. The molecule has 1 saturated heterocycles. The highest BCUT2D eigenvalue weighted by Crippen LogP contribution is 2.51. The quantitative estimate of drug-likeness (QED) is 0.304. The topological polar surface area (TPSA) is 89.1 Å². The summed E-state index contributed by atoms with van der Waals surface area (Å²) < 4.78 is 31.7. The molecule has 0 aliphatic carbocycles. The molecule has 0 spiro atoms. The van der Waals surface area contributed by atoms with Crippen LogP contribution in [0.15, 0.2) is 90.0 Å². The van der Waals surface area contributed by atoms with Crippen molar-refractivity contribution in [2.45, 2.75) is 38.1 Å². The highest BCUT2D eigenvalue weighted by molar-refractivity contribution is 6.13. The summed E-state index contributed by atoms with van der Waals surface area (Å²) in [5.41, 5.74) is 2.86. The van der Waals surface area contributed by atoms with Gasteiger partial charge in [0.05, 0.1) is 31.9 Å². The van der Waals surface area contributed by atoms with E-state index >= 15 is 0 Å². The number of carbonyl (C=O) groups is 2. The number of fused-ring (bicyclic) bond motifs is 2. The number of rotatable bonds is 10. The monoisotopic (exact) mass is 597 g/mol. The number of methoxy groups -OCH3 is 1. The standard InChI is InChI=1S/C35H36FN3O5/c1-22-4-9-27(20-29(22)36)38-34(41)31-30-14-15-35(44-30,32(31)23(2)40)33(37-26-10-12-28(42-3)13-11-26)25-7-5-24(6-8-25)21-39-16-18-43-19-17-39/h4-15,20,30,33,37H,16-19,21H2,1-3H3,(H,38,41). The van der Waals surface area contributed by atoms with Crippen molar-refractivity contribution in [1.82, 2.24) is 4.90 Å². The van der Waals surface area contributed by atoms with Gasteiger partial charge in [-0.2, -0.15) is 0 Å². The summed E-state index contributed by atoms with van der Waals surface area (Å²) >= 11 is 0. The Balaban J connectivity index is 1.37. The number of benzene rings is 3. The predicted molar refractivity (Wildman–Crippen MR) is 166 cm³/mol. The highest BCUT2D eigenvalue weighted by atomic mass is 19.1. The van der Waals surface area contributed by atoms with Crippen LogP contribution in [0, 0.1) is 12.7 Å². The van der Waals surface area contributed by atoms with E-state index in [-0.39, 0.29) is 16.9 Å². The van der Waals surface area contributed by atoms with Crippen LogP contribution in [-0.4, -0.2) is 61.7 Å². The maximum Gasteiger partial charge on any atom is 0.255 e. The van der Waals surface area contributed by atoms with E-state index < -0.39 is 29.5 Å². The van der Waals surface area contributed by atoms with Gasteiger partial charge in [-0.25, -0.2) is 4.39 Å². The Morgan fingerprint density at radius 2 is 1.75 bits per heavy atom. The van der Waals surface area contributed by atoms with E-state index in [0.717, 1.165) is 49.7 Å². The number of halogens is 1. The lowest BCUT2D eigenvalue weighted by Crippen LogP contribution is -2.42. The second kappa shape index (κ2) is 12.4. The van der Waals surface area contributed by atoms with Crippen molar-refractivity contribution in [1.29, 1.82) is 0 Å². The Morgan fingerprint density at radius 1 is 1.05 bits per heavy atom. The van der Waals surface area contributed by atoms with Gasteiger partial charge in [0.15, 0.2) is 5.78 Å². The fourth-order valence-corrected chi connectivity index (χ4v) is 6.18. The molecule has 228 valence electrons. The number of Topliss-reactive ketones (excluding diaryl/α,β-unsaturated/α-hetero) is 1. The van der Waals surface area contributed by atoms with Crippen LogP contribution in [0.25, 0.3) is 0 Å². The summed E-state index contributed by atoms with van der Waals surface area (Å²) in [6.45, 7) is 7.15. The van der Waals surface area contributed by atoms with Crippen LogP contribution < -0.4 is 15.4 Å². The minimum Gasteiger partial charge on any atom is -0.497 e. The largest absolute Gasteiger partial charge is 0.497 e. The van der Waals surface area contributed by atoms with E-state index in [1.165, 1.54) is 13.0 Å². The van der Waals surface area contributed by atoms with Crippen LogP contribution in [0.4, 0.5) is 15.8 Å². The molecule has 0 aromatic heterocycles. The molecule has 2 N–H and O–H groups in total. The van der Waals surface area contributed by atoms with Gasteiger partial charge in [-0.05, 0) is 73.0 Å². The molecule has 3 aromatic rings. The Kier molecular flexibility index (Phi) is 8.35. The highest BCUT2D eigenvalue weighted by Gasteiger charge is 2.57. The minimum absolute atomic E-state index is 0.228. The van der Waals surface area contributed by atoms with Crippen molar-refractivity contribution >= 4 is 23.1 Å². The van der Waals surface area contributed by atoms with Crippen LogP contribution >= 0.6 is 0 Å².